The van der Waals surface area contributed by atoms with Gasteiger partial charge < -0.3 is 5.32 Å². The molecule has 162 valence electrons. The molecule has 0 heterocycles. The van der Waals surface area contributed by atoms with Gasteiger partial charge in [-0.3, -0.25) is 25.0 Å². The molecule has 0 saturated carbocycles. The zero-order valence-corrected chi connectivity index (χ0v) is 16.9. The van der Waals surface area contributed by atoms with Gasteiger partial charge in [0.2, 0.25) is 10.0 Å². The van der Waals surface area contributed by atoms with Crippen molar-refractivity contribution in [2.24, 2.45) is 0 Å². The van der Waals surface area contributed by atoms with Crippen molar-refractivity contribution in [2.75, 3.05) is 18.4 Å². The van der Waals surface area contributed by atoms with Gasteiger partial charge in [-0.05, 0) is 30.3 Å². The van der Waals surface area contributed by atoms with Crippen molar-refractivity contribution in [2.45, 2.75) is 4.90 Å². The summed E-state index contributed by atoms with van der Waals surface area (Å²) < 4.78 is 26.5. The molecule has 0 saturated heterocycles. The fourth-order valence-electron chi connectivity index (χ4n) is 2.59. The van der Waals surface area contributed by atoms with Crippen LogP contribution in [-0.2, 0) is 10.0 Å². The van der Waals surface area contributed by atoms with Crippen LogP contribution in [-0.4, -0.2) is 41.6 Å². The molecular formula is C19H18N4O7S. The lowest BCUT2D eigenvalue weighted by Gasteiger charge is -2.19. The molecule has 0 aliphatic rings. The quantitative estimate of drug-likeness (QED) is 0.334. The van der Waals surface area contributed by atoms with E-state index in [0.29, 0.717) is 6.07 Å². The first-order chi connectivity index (χ1) is 14.6. The molecule has 0 radical (unpaired) electrons. The molecule has 0 aliphatic carbocycles. The largest absolute Gasteiger partial charge is 0.322 e. The predicted molar refractivity (Wildman–Crippen MR) is 113 cm³/mol. The minimum absolute atomic E-state index is 0.0319. The van der Waals surface area contributed by atoms with Gasteiger partial charge in [-0.15, -0.1) is 13.2 Å². The maximum atomic E-state index is 12.7. The van der Waals surface area contributed by atoms with Crippen molar-refractivity contribution in [3.8, 4) is 0 Å². The Morgan fingerprint density at radius 2 is 1.58 bits per heavy atom. The number of amides is 1. The smallest absolute Gasteiger partial charge is 0.289 e. The molecular weight excluding hydrogens is 428 g/mol. The normalized spacial score (nSPS) is 11.0. The van der Waals surface area contributed by atoms with E-state index in [2.05, 4.69) is 18.5 Å². The molecule has 0 fully saturated rings. The molecule has 11 nitrogen and oxygen atoms in total. The van der Waals surface area contributed by atoms with Gasteiger partial charge in [0.1, 0.15) is 5.56 Å². The van der Waals surface area contributed by atoms with E-state index in [1.165, 1.54) is 36.4 Å². The van der Waals surface area contributed by atoms with Crippen LogP contribution in [0.3, 0.4) is 0 Å². The highest BCUT2D eigenvalue weighted by molar-refractivity contribution is 7.89. The van der Waals surface area contributed by atoms with E-state index >= 15 is 0 Å². The van der Waals surface area contributed by atoms with Crippen molar-refractivity contribution in [3.05, 3.63) is 93.6 Å². The lowest BCUT2D eigenvalue weighted by molar-refractivity contribution is -0.394. The van der Waals surface area contributed by atoms with Crippen LogP contribution < -0.4 is 5.32 Å². The van der Waals surface area contributed by atoms with Crippen LogP contribution in [0.2, 0.25) is 0 Å². The maximum Gasteiger partial charge on any atom is 0.289 e. The fraction of sp³-hybridized carbons (Fsp3) is 0.105. The van der Waals surface area contributed by atoms with E-state index in [9.17, 15) is 33.4 Å². The average Bonchev–Trinajstić information content (AvgIpc) is 2.73. The highest BCUT2D eigenvalue weighted by Crippen LogP contribution is 2.26. The molecule has 0 atom stereocenters. The van der Waals surface area contributed by atoms with Crippen molar-refractivity contribution in [1.82, 2.24) is 4.31 Å². The number of carbonyl (C=O) groups is 1. The van der Waals surface area contributed by atoms with Crippen molar-refractivity contribution in [1.29, 1.82) is 0 Å². The van der Waals surface area contributed by atoms with E-state index in [1.807, 2.05) is 0 Å². The summed E-state index contributed by atoms with van der Waals surface area (Å²) in [5.74, 6) is -0.878. The Kier molecular flexibility index (Phi) is 7.34. The first-order valence-electron chi connectivity index (χ1n) is 8.68. The first kappa shape index (κ1) is 23.4. The average molecular weight is 446 g/mol. The Labute approximate surface area is 177 Å². The number of rotatable bonds is 10. The minimum atomic E-state index is -3.83. The third-order valence-electron chi connectivity index (χ3n) is 4.05. The summed E-state index contributed by atoms with van der Waals surface area (Å²) in [7, 11) is -3.83. The van der Waals surface area contributed by atoms with Crippen LogP contribution in [0.15, 0.2) is 72.7 Å². The topological polar surface area (TPSA) is 153 Å². The van der Waals surface area contributed by atoms with Gasteiger partial charge in [0.25, 0.3) is 17.3 Å². The molecule has 2 rings (SSSR count). The summed E-state index contributed by atoms with van der Waals surface area (Å²) in [4.78, 5) is 32.7. The zero-order valence-electron chi connectivity index (χ0n) is 16.1. The van der Waals surface area contributed by atoms with E-state index in [1.54, 1.807) is 0 Å². The minimum Gasteiger partial charge on any atom is -0.322 e. The molecule has 0 unspecified atom stereocenters. The Bertz CT molecular complexity index is 1130. The number of anilines is 1. The second kappa shape index (κ2) is 9.73. The predicted octanol–water partition coefficient (Wildman–Crippen LogP) is 3.12. The molecule has 0 aromatic heterocycles. The summed E-state index contributed by atoms with van der Waals surface area (Å²) in [6, 6.07) is 7.84. The number of carbonyl (C=O) groups excluding carboxylic acids is 1. The molecule has 1 N–H and O–H groups in total. The van der Waals surface area contributed by atoms with Gasteiger partial charge in [-0.2, -0.15) is 4.31 Å². The van der Waals surface area contributed by atoms with Crippen LogP contribution >= 0.6 is 0 Å². The highest BCUT2D eigenvalue weighted by atomic mass is 32.2. The summed E-state index contributed by atoms with van der Waals surface area (Å²) in [5, 5.41) is 24.4. The second-order valence-electron chi connectivity index (χ2n) is 6.09. The zero-order chi connectivity index (χ0) is 23.2. The van der Waals surface area contributed by atoms with E-state index < -0.39 is 37.2 Å². The molecule has 31 heavy (non-hydrogen) atoms. The van der Waals surface area contributed by atoms with Gasteiger partial charge in [-0.1, -0.05) is 12.2 Å². The van der Waals surface area contributed by atoms with E-state index in [0.717, 1.165) is 16.4 Å². The van der Waals surface area contributed by atoms with Crippen molar-refractivity contribution in [3.63, 3.8) is 0 Å². The van der Waals surface area contributed by atoms with Gasteiger partial charge in [0.05, 0.1) is 20.8 Å². The number of sulfonamides is 1. The van der Waals surface area contributed by atoms with Crippen LogP contribution in [0, 0.1) is 20.2 Å². The lowest BCUT2D eigenvalue weighted by Crippen LogP contribution is -2.31. The third-order valence-corrected chi connectivity index (χ3v) is 5.89. The lowest BCUT2D eigenvalue weighted by atomic mass is 10.1. The SMILES string of the molecule is C=CCN(CC=C)S(=O)(=O)c1ccc(NC(=O)c2ccc([N+](=O)[O-])cc2[N+](=O)[O-])cc1. The van der Waals surface area contributed by atoms with Crippen molar-refractivity contribution >= 4 is 33.0 Å². The second-order valence-corrected chi connectivity index (χ2v) is 8.03. The van der Waals surface area contributed by atoms with Crippen LogP contribution in [0.1, 0.15) is 10.4 Å². The van der Waals surface area contributed by atoms with Crippen molar-refractivity contribution < 1.29 is 23.1 Å². The number of nitro groups is 2. The molecule has 2 aromatic rings. The van der Waals surface area contributed by atoms with Gasteiger partial charge >= 0.3 is 0 Å². The summed E-state index contributed by atoms with van der Waals surface area (Å²) in [6.07, 6.45) is 2.87. The van der Waals surface area contributed by atoms with Gasteiger partial charge in [0.15, 0.2) is 0 Å². The van der Waals surface area contributed by atoms with Crippen LogP contribution in [0.5, 0.6) is 0 Å². The molecule has 12 heteroatoms. The number of benzene rings is 2. The number of hydrogen-bond acceptors (Lipinski definition) is 7. The fourth-order valence-corrected chi connectivity index (χ4v) is 3.97. The van der Waals surface area contributed by atoms with Crippen LogP contribution in [0.4, 0.5) is 17.1 Å². The Morgan fingerprint density at radius 1 is 1.00 bits per heavy atom. The number of nitrogens with one attached hydrogen (secondary N) is 1. The first-order valence-corrected chi connectivity index (χ1v) is 10.1. The molecule has 0 spiro atoms. The van der Waals surface area contributed by atoms with E-state index in [-0.39, 0.29) is 29.2 Å². The third kappa shape index (κ3) is 5.38. The highest BCUT2D eigenvalue weighted by Gasteiger charge is 2.25. The molecule has 1 amide bonds. The van der Waals surface area contributed by atoms with E-state index in [4.69, 9.17) is 0 Å². The molecule has 2 aromatic carbocycles. The standard InChI is InChI=1S/C19H18N4O7S/c1-3-11-21(12-4-2)31(29,30)16-8-5-14(6-9-16)20-19(24)17-10-7-15(22(25)26)13-18(17)23(27)28/h3-10,13H,1-2,11-12H2,(H,20,24). The number of non-ortho nitro benzene ring substituents is 1. The van der Waals surface area contributed by atoms with Gasteiger partial charge in [0, 0.05) is 24.8 Å². The summed E-state index contributed by atoms with van der Waals surface area (Å²) >= 11 is 0. The Hall–Kier alpha value is -3.90. The Morgan fingerprint density at radius 3 is 2.06 bits per heavy atom. The molecule has 0 bridgehead atoms. The molecule has 0 aliphatic heterocycles. The summed E-state index contributed by atoms with van der Waals surface area (Å²) in [6.45, 7) is 7.21. The maximum absolute atomic E-state index is 12.7. The van der Waals surface area contributed by atoms with Gasteiger partial charge in [-0.25, -0.2) is 8.42 Å². The number of nitrogens with zero attached hydrogens (tertiary/aromatic N) is 3. The monoisotopic (exact) mass is 446 g/mol. The number of nitro benzene ring substituents is 2. The van der Waals surface area contributed by atoms with Crippen LogP contribution in [0.25, 0.3) is 0 Å². The Balaban J connectivity index is 2.28. The number of hydrogen-bond donors (Lipinski definition) is 1. The summed E-state index contributed by atoms with van der Waals surface area (Å²) in [5.41, 5.74) is -1.46.